The number of anilines is 1. The van der Waals surface area contributed by atoms with Crippen LogP contribution < -0.4 is 10.6 Å². The van der Waals surface area contributed by atoms with Crippen LogP contribution >= 0.6 is 0 Å². The number of benzene rings is 1. The number of aliphatic carboxylic acids is 1. The van der Waals surface area contributed by atoms with Gasteiger partial charge >= 0.3 is 5.97 Å². The van der Waals surface area contributed by atoms with E-state index in [9.17, 15) is 9.59 Å². The molecule has 1 unspecified atom stereocenters. The highest BCUT2D eigenvalue weighted by Gasteiger charge is 2.22. The van der Waals surface area contributed by atoms with Crippen LogP contribution in [0.2, 0.25) is 0 Å². The third-order valence-electron chi connectivity index (χ3n) is 2.90. The van der Waals surface area contributed by atoms with Crippen LogP contribution in [0.15, 0.2) is 36.9 Å². The van der Waals surface area contributed by atoms with Crippen LogP contribution in [0, 0.1) is 6.92 Å². The molecule has 5 heteroatoms. The number of hydrogen-bond donors (Lipinski definition) is 2. The van der Waals surface area contributed by atoms with Crippen molar-refractivity contribution in [3.63, 3.8) is 0 Å². The van der Waals surface area contributed by atoms with Crippen LogP contribution in [-0.2, 0) is 9.59 Å². The highest BCUT2D eigenvalue weighted by molar-refractivity contribution is 5.97. The van der Waals surface area contributed by atoms with E-state index in [4.69, 9.17) is 10.8 Å². The molecule has 0 saturated carbocycles. The number of carboxylic acid groups (broad SMARTS) is 1. The van der Waals surface area contributed by atoms with Gasteiger partial charge in [0.25, 0.3) is 0 Å². The van der Waals surface area contributed by atoms with Crippen molar-refractivity contribution in [3.05, 3.63) is 42.5 Å². The van der Waals surface area contributed by atoms with Crippen LogP contribution in [-0.4, -0.2) is 29.6 Å². The molecule has 0 aliphatic carbocycles. The summed E-state index contributed by atoms with van der Waals surface area (Å²) in [6.07, 6.45) is 1.81. The van der Waals surface area contributed by atoms with Crippen LogP contribution in [0.5, 0.6) is 0 Å². The molecular formula is C15H20N2O3. The maximum Gasteiger partial charge on any atom is 0.305 e. The Bertz CT molecular complexity index is 482. The van der Waals surface area contributed by atoms with E-state index < -0.39 is 12.0 Å². The average molecular weight is 276 g/mol. The van der Waals surface area contributed by atoms with Crippen molar-refractivity contribution in [2.24, 2.45) is 5.73 Å². The van der Waals surface area contributed by atoms with E-state index in [1.807, 2.05) is 19.1 Å². The quantitative estimate of drug-likeness (QED) is 0.742. The minimum absolute atomic E-state index is 0.0993. The van der Waals surface area contributed by atoms with E-state index >= 15 is 0 Å². The fraction of sp³-hybridized carbons (Fsp3) is 0.333. The first-order chi connectivity index (χ1) is 9.45. The zero-order chi connectivity index (χ0) is 15.1. The molecule has 1 rings (SSSR count). The third-order valence-corrected chi connectivity index (χ3v) is 2.90. The molecule has 3 N–H and O–H groups in total. The number of nitrogens with two attached hydrogens (primary N) is 1. The minimum Gasteiger partial charge on any atom is -0.481 e. The highest BCUT2D eigenvalue weighted by atomic mass is 16.4. The summed E-state index contributed by atoms with van der Waals surface area (Å²) in [4.78, 5) is 24.4. The first kappa shape index (κ1) is 15.9. The fourth-order valence-electron chi connectivity index (χ4n) is 1.78. The molecule has 0 aliphatic rings. The molecule has 0 aliphatic heterocycles. The molecule has 20 heavy (non-hydrogen) atoms. The number of aryl methyl sites for hydroxylation is 1. The van der Waals surface area contributed by atoms with Gasteiger partial charge in [-0.05, 0) is 25.5 Å². The Kier molecular flexibility index (Phi) is 5.93. The Morgan fingerprint density at radius 2 is 2.00 bits per heavy atom. The Labute approximate surface area is 118 Å². The summed E-state index contributed by atoms with van der Waals surface area (Å²) in [6.45, 7) is 5.60. The molecule has 0 spiro atoms. The molecule has 108 valence electrons. The lowest BCUT2D eigenvalue weighted by atomic mass is 10.1. The van der Waals surface area contributed by atoms with Crippen molar-refractivity contribution in [1.82, 2.24) is 0 Å². The second-order valence-electron chi connectivity index (χ2n) is 4.60. The van der Waals surface area contributed by atoms with Gasteiger partial charge in [0, 0.05) is 12.2 Å². The van der Waals surface area contributed by atoms with Crippen molar-refractivity contribution in [2.45, 2.75) is 25.8 Å². The van der Waals surface area contributed by atoms with Crippen LogP contribution in [0.4, 0.5) is 5.69 Å². The predicted molar refractivity (Wildman–Crippen MR) is 78.6 cm³/mol. The van der Waals surface area contributed by atoms with E-state index in [0.29, 0.717) is 12.1 Å². The number of hydrogen-bond acceptors (Lipinski definition) is 3. The number of carboxylic acids is 1. The van der Waals surface area contributed by atoms with Crippen LogP contribution in [0.1, 0.15) is 18.4 Å². The predicted octanol–water partition coefficient (Wildman–Crippen LogP) is 1.71. The summed E-state index contributed by atoms with van der Waals surface area (Å²) < 4.78 is 0. The van der Waals surface area contributed by atoms with Crippen LogP contribution in [0.3, 0.4) is 0 Å². The third kappa shape index (κ3) is 4.51. The highest BCUT2D eigenvalue weighted by Crippen LogP contribution is 2.17. The number of nitrogens with zero attached hydrogens (tertiary/aromatic N) is 1. The Balaban J connectivity index is 2.94. The second kappa shape index (κ2) is 7.45. The lowest BCUT2D eigenvalue weighted by Gasteiger charge is -2.25. The summed E-state index contributed by atoms with van der Waals surface area (Å²) in [7, 11) is 0. The average Bonchev–Trinajstić information content (AvgIpc) is 2.40. The van der Waals surface area contributed by atoms with Crippen molar-refractivity contribution in [1.29, 1.82) is 0 Å². The van der Waals surface area contributed by atoms with Crippen molar-refractivity contribution >= 4 is 17.6 Å². The van der Waals surface area contributed by atoms with Gasteiger partial charge < -0.3 is 15.7 Å². The summed E-state index contributed by atoms with van der Waals surface area (Å²) in [6, 6.07) is 6.61. The summed E-state index contributed by atoms with van der Waals surface area (Å²) >= 11 is 0. The summed E-state index contributed by atoms with van der Waals surface area (Å²) in [5, 5.41) is 8.79. The first-order valence-electron chi connectivity index (χ1n) is 6.42. The van der Waals surface area contributed by atoms with E-state index in [0.717, 1.165) is 5.56 Å². The standard InChI is InChI=1S/C15H20N2O3/c1-3-4-13(16)15(20)17(10-9-14(18)19)12-7-5-11(2)6-8-12/h3,5-8,13H,1,4,9-10,16H2,2H3,(H,18,19). The smallest absolute Gasteiger partial charge is 0.305 e. The summed E-state index contributed by atoms with van der Waals surface area (Å²) in [5.74, 6) is -1.25. The molecule has 0 aromatic heterocycles. The fourth-order valence-corrected chi connectivity index (χ4v) is 1.78. The van der Waals surface area contributed by atoms with Crippen molar-refractivity contribution in [3.8, 4) is 0 Å². The molecule has 0 saturated heterocycles. The maximum absolute atomic E-state index is 12.3. The zero-order valence-electron chi connectivity index (χ0n) is 11.6. The Morgan fingerprint density at radius 3 is 2.50 bits per heavy atom. The van der Waals surface area contributed by atoms with E-state index in [-0.39, 0.29) is 18.9 Å². The van der Waals surface area contributed by atoms with Gasteiger partial charge in [-0.1, -0.05) is 23.8 Å². The van der Waals surface area contributed by atoms with Crippen molar-refractivity contribution < 1.29 is 14.7 Å². The van der Waals surface area contributed by atoms with Gasteiger partial charge in [0.1, 0.15) is 0 Å². The molecule has 1 aromatic carbocycles. The maximum atomic E-state index is 12.3. The van der Waals surface area contributed by atoms with Gasteiger partial charge in [0.05, 0.1) is 12.5 Å². The second-order valence-corrected chi connectivity index (χ2v) is 4.60. The molecule has 1 amide bonds. The molecule has 1 aromatic rings. The number of rotatable bonds is 7. The van der Waals surface area contributed by atoms with Gasteiger partial charge in [-0.15, -0.1) is 6.58 Å². The topological polar surface area (TPSA) is 83.6 Å². The number of amides is 1. The zero-order valence-corrected chi connectivity index (χ0v) is 11.6. The minimum atomic E-state index is -0.952. The molecular weight excluding hydrogens is 256 g/mol. The largest absolute Gasteiger partial charge is 0.481 e. The van der Waals surface area contributed by atoms with E-state index in [1.165, 1.54) is 4.90 Å². The number of carbonyl (C=O) groups excluding carboxylic acids is 1. The van der Waals surface area contributed by atoms with Gasteiger partial charge in [0.15, 0.2) is 0 Å². The normalized spacial score (nSPS) is 11.7. The Morgan fingerprint density at radius 1 is 1.40 bits per heavy atom. The van der Waals surface area contributed by atoms with E-state index in [1.54, 1.807) is 18.2 Å². The number of carbonyl (C=O) groups is 2. The lowest BCUT2D eigenvalue weighted by molar-refractivity contribution is -0.136. The van der Waals surface area contributed by atoms with E-state index in [2.05, 4.69) is 6.58 Å². The van der Waals surface area contributed by atoms with Gasteiger partial charge in [-0.3, -0.25) is 9.59 Å². The SMILES string of the molecule is C=CCC(N)C(=O)N(CCC(=O)O)c1ccc(C)cc1. The lowest BCUT2D eigenvalue weighted by Crippen LogP contribution is -2.44. The van der Waals surface area contributed by atoms with Gasteiger partial charge in [0.2, 0.25) is 5.91 Å². The van der Waals surface area contributed by atoms with Crippen molar-refractivity contribution in [2.75, 3.05) is 11.4 Å². The monoisotopic (exact) mass is 276 g/mol. The Hall–Kier alpha value is -2.14. The molecule has 0 heterocycles. The summed E-state index contributed by atoms with van der Waals surface area (Å²) in [5.41, 5.74) is 7.51. The molecule has 5 nitrogen and oxygen atoms in total. The molecule has 0 bridgehead atoms. The molecule has 0 radical (unpaired) electrons. The first-order valence-corrected chi connectivity index (χ1v) is 6.42. The molecule has 0 fully saturated rings. The van der Waals surface area contributed by atoms with Crippen LogP contribution in [0.25, 0.3) is 0 Å². The van der Waals surface area contributed by atoms with Gasteiger partial charge in [-0.2, -0.15) is 0 Å². The van der Waals surface area contributed by atoms with Gasteiger partial charge in [-0.25, -0.2) is 0 Å². The molecule has 1 atom stereocenters.